The zero-order valence-electron chi connectivity index (χ0n) is 12.7. The molecule has 0 spiro atoms. The van der Waals surface area contributed by atoms with Gasteiger partial charge in [0.25, 0.3) is 0 Å². The smallest absolute Gasteiger partial charge is 0.207 e. The number of para-hydroxylation sites is 2. The summed E-state index contributed by atoms with van der Waals surface area (Å²) in [6.45, 7) is 0.652. The van der Waals surface area contributed by atoms with Crippen LogP contribution >= 0.6 is 12.2 Å². The second-order valence-electron chi connectivity index (χ2n) is 4.89. The number of benzene rings is 1. The highest BCUT2D eigenvalue weighted by atomic mass is 32.1. The van der Waals surface area contributed by atoms with Crippen LogP contribution in [0, 0.1) is 0 Å². The molecule has 0 amide bonds. The van der Waals surface area contributed by atoms with Gasteiger partial charge in [0.15, 0.2) is 5.11 Å². The van der Waals surface area contributed by atoms with E-state index in [0.717, 1.165) is 22.5 Å². The summed E-state index contributed by atoms with van der Waals surface area (Å²) >= 11 is 5.28. The minimum absolute atomic E-state index is 0.513. The van der Waals surface area contributed by atoms with E-state index >= 15 is 0 Å². The molecule has 3 aromatic rings. The summed E-state index contributed by atoms with van der Waals surface area (Å²) in [5.41, 5.74) is 2.76. The minimum atomic E-state index is 0.513. The Kier molecular flexibility index (Phi) is 4.68. The molecule has 0 unspecified atom stereocenters. The largest absolute Gasteiger partial charge is 0.495 e. The summed E-state index contributed by atoms with van der Waals surface area (Å²) in [6.07, 6.45) is 2.47. The fraction of sp³-hybridized carbons (Fsp3) is 0.188. The summed E-state index contributed by atoms with van der Waals surface area (Å²) in [5.74, 6) is 1.41. The molecule has 0 saturated carbocycles. The fourth-order valence-corrected chi connectivity index (χ4v) is 2.45. The van der Waals surface area contributed by atoms with Gasteiger partial charge in [0, 0.05) is 19.2 Å². The van der Waals surface area contributed by atoms with Crippen LogP contribution in [-0.2, 0) is 6.42 Å². The predicted octanol–water partition coefficient (Wildman–Crippen LogP) is 2.50. The van der Waals surface area contributed by atoms with Crippen molar-refractivity contribution in [2.24, 2.45) is 0 Å². The van der Waals surface area contributed by atoms with Crippen LogP contribution in [0.1, 0.15) is 5.69 Å². The molecule has 118 valence electrons. The fourth-order valence-electron chi connectivity index (χ4n) is 2.26. The molecule has 2 heterocycles. The van der Waals surface area contributed by atoms with Crippen molar-refractivity contribution in [2.45, 2.75) is 6.42 Å². The normalized spacial score (nSPS) is 10.5. The van der Waals surface area contributed by atoms with Gasteiger partial charge in [0.1, 0.15) is 5.75 Å². The maximum Gasteiger partial charge on any atom is 0.207 e. The number of pyridine rings is 1. The first-order valence-electron chi connectivity index (χ1n) is 7.24. The Morgan fingerprint density at radius 3 is 2.96 bits per heavy atom. The third-order valence-electron chi connectivity index (χ3n) is 3.34. The van der Waals surface area contributed by atoms with E-state index in [2.05, 4.69) is 25.6 Å². The minimum Gasteiger partial charge on any atom is -0.495 e. The molecule has 3 N–H and O–H groups in total. The molecule has 0 aliphatic carbocycles. The average Bonchev–Trinajstić information content (AvgIpc) is 2.97. The van der Waals surface area contributed by atoms with Crippen LogP contribution in [0.25, 0.3) is 11.0 Å². The molecule has 0 aliphatic heterocycles. The highest BCUT2D eigenvalue weighted by Crippen LogP contribution is 2.15. The predicted molar refractivity (Wildman–Crippen MR) is 94.8 cm³/mol. The molecule has 0 saturated heterocycles. The number of H-pyrrole nitrogens is 1. The number of nitrogens with zero attached hydrogens (tertiary/aromatic N) is 2. The first-order valence-corrected chi connectivity index (χ1v) is 7.64. The van der Waals surface area contributed by atoms with Crippen LogP contribution < -0.4 is 15.4 Å². The van der Waals surface area contributed by atoms with Crippen LogP contribution in [-0.4, -0.2) is 33.7 Å². The standard InChI is InChI=1S/C16H17N5OS/c1-22-14-7-4-9-17-13(14)8-10-18-16(23)21-15-19-11-5-2-3-6-12(11)20-15/h2-7,9H,8,10H2,1H3,(H3,18,19,20,21,23). The van der Waals surface area contributed by atoms with E-state index in [-0.39, 0.29) is 0 Å². The molecule has 23 heavy (non-hydrogen) atoms. The lowest BCUT2D eigenvalue weighted by molar-refractivity contribution is 0.406. The van der Waals surface area contributed by atoms with E-state index in [1.165, 1.54) is 0 Å². The Labute approximate surface area is 139 Å². The van der Waals surface area contributed by atoms with Crippen molar-refractivity contribution in [1.82, 2.24) is 20.3 Å². The van der Waals surface area contributed by atoms with E-state index in [1.54, 1.807) is 13.3 Å². The zero-order valence-corrected chi connectivity index (χ0v) is 13.5. The molecular weight excluding hydrogens is 310 g/mol. The summed E-state index contributed by atoms with van der Waals surface area (Å²) < 4.78 is 5.28. The lowest BCUT2D eigenvalue weighted by Gasteiger charge is -2.10. The molecule has 7 heteroatoms. The number of nitrogens with one attached hydrogen (secondary N) is 3. The highest BCUT2D eigenvalue weighted by molar-refractivity contribution is 7.80. The second-order valence-corrected chi connectivity index (χ2v) is 5.29. The average molecular weight is 327 g/mol. The summed E-state index contributed by atoms with van der Waals surface area (Å²) in [6, 6.07) is 11.6. The summed E-state index contributed by atoms with van der Waals surface area (Å²) in [5, 5.41) is 6.70. The van der Waals surface area contributed by atoms with Crippen molar-refractivity contribution in [3.63, 3.8) is 0 Å². The van der Waals surface area contributed by atoms with Crippen molar-refractivity contribution >= 4 is 34.3 Å². The molecule has 0 fully saturated rings. The highest BCUT2D eigenvalue weighted by Gasteiger charge is 2.05. The monoisotopic (exact) mass is 327 g/mol. The van der Waals surface area contributed by atoms with Crippen molar-refractivity contribution < 1.29 is 4.74 Å². The number of methoxy groups -OCH3 is 1. The molecular formula is C16H17N5OS. The van der Waals surface area contributed by atoms with Gasteiger partial charge in [-0.1, -0.05) is 12.1 Å². The molecule has 2 aromatic heterocycles. The van der Waals surface area contributed by atoms with Gasteiger partial charge in [0.05, 0.1) is 23.8 Å². The van der Waals surface area contributed by atoms with E-state index in [1.807, 2.05) is 36.4 Å². The lowest BCUT2D eigenvalue weighted by atomic mass is 10.2. The van der Waals surface area contributed by atoms with Crippen LogP contribution in [0.2, 0.25) is 0 Å². The lowest BCUT2D eigenvalue weighted by Crippen LogP contribution is -2.30. The van der Waals surface area contributed by atoms with E-state index in [0.29, 0.717) is 24.0 Å². The number of imidazole rings is 1. The zero-order chi connectivity index (χ0) is 16.1. The maximum absolute atomic E-state index is 5.28. The van der Waals surface area contributed by atoms with Crippen molar-refractivity contribution in [2.75, 3.05) is 19.0 Å². The van der Waals surface area contributed by atoms with Crippen molar-refractivity contribution in [1.29, 1.82) is 0 Å². The first kappa shape index (κ1) is 15.2. The number of hydrogen-bond donors (Lipinski definition) is 3. The maximum atomic E-state index is 5.28. The van der Waals surface area contributed by atoms with Gasteiger partial charge >= 0.3 is 0 Å². The van der Waals surface area contributed by atoms with E-state index < -0.39 is 0 Å². The SMILES string of the molecule is COc1cccnc1CCNC(=S)Nc1nc2ccccc2[nH]1. The summed E-state index contributed by atoms with van der Waals surface area (Å²) in [4.78, 5) is 11.9. The van der Waals surface area contributed by atoms with E-state index in [4.69, 9.17) is 17.0 Å². The van der Waals surface area contributed by atoms with Gasteiger partial charge in [-0.2, -0.15) is 0 Å². The molecule has 0 radical (unpaired) electrons. The van der Waals surface area contributed by atoms with Gasteiger partial charge in [-0.05, 0) is 36.5 Å². The van der Waals surface area contributed by atoms with Gasteiger partial charge < -0.3 is 20.4 Å². The molecule has 0 atom stereocenters. The Hall–Kier alpha value is -2.67. The molecule has 1 aromatic carbocycles. The topological polar surface area (TPSA) is 74.9 Å². The number of fused-ring (bicyclic) bond motifs is 1. The van der Waals surface area contributed by atoms with Gasteiger partial charge in [-0.25, -0.2) is 4.98 Å². The number of hydrogen-bond acceptors (Lipinski definition) is 4. The molecule has 0 bridgehead atoms. The van der Waals surface area contributed by atoms with Crippen LogP contribution in [0.4, 0.5) is 5.95 Å². The van der Waals surface area contributed by atoms with Crippen LogP contribution in [0.5, 0.6) is 5.75 Å². The number of rotatable bonds is 5. The Bertz CT molecular complexity index is 784. The van der Waals surface area contributed by atoms with Crippen LogP contribution in [0.3, 0.4) is 0 Å². The molecule has 0 aliphatic rings. The quantitative estimate of drug-likeness (QED) is 0.625. The Morgan fingerprint density at radius 1 is 1.26 bits per heavy atom. The number of aromatic nitrogens is 3. The molecule has 6 nitrogen and oxygen atoms in total. The molecule has 3 rings (SSSR count). The van der Waals surface area contributed by atoms with Gasteiger partial charge in [0.2, 0.25) is 5.95 Å². The van der Waals surface area contributed by atoms with Gasteiger partial charge in [-0.3, -0.25) is 4.98 Å². The van der Waals surface area contributed by atoms with Crippen LogP contribution in [0.15, 0.2) is 42.6 Å². The second kappa shape index (κ2) is 7.06. The summed E-state index contributed by atoms with van der Waals surface area (Å²) in [7, 11) is 1.64. The number of aromatic amines is 1. The van der Waals surface area contributed by atoms with Crippen molar-refractivity contribution in [3.05, 3.63) is 48.3 Å². The number of ether oxygens (including phenoxy) is 1. The Balaban J connectivity index is 1.53. The third kappa shape index (κ3) is 3.75. The van der Waals surface area contributed by atoms with Crippen molar-refractivity contribution in [3.8, 4) is 5.75 Å². The van der Waals surface area contributed by atoms with Gasteiger partial charge in [-0.15, -0.1) is 0 Å². The Morgan fingerprint density at radius 2 is 2.13 bits per heavy atom. The number of anilines is 1. The third-order valence-corrected chi connectivity index (χ3v) is 3.58. The first-order chi connectivity index (χ1) is 11.3. The number of thiocarbonyl (C=S) groups is 1. The van der Waals surface area contributed by atoms with E-state index in [9.17, 15) is 0 Å².